The number of benzene rings is 1. The van der Waals surface area contributed by atoms with Crippen molar-refractivity contribution in [3.8, 4) is 11.1 Å². The predicted octanol–water partition coefficient (Wildman–Crippen LogP) is 2.53. The molecule has 1 amide bonds. The van der Waals surface area contributed by atoms with Gasteiger partial charge in [0.15, 0.2) is 0 Å². The van der Waals surface area contributed by atoms with E-state index in [1.807, 2.05) is 16.9 Å². The molecule has 4 atom stereocenters. The number of carbonyl (C=O) groups excluding carboxylic acids is 1. The number of piperidine rings is 1. The Hall–Kier alpha value is -2.25. The Labute approximate surface area is 171 Å². The summed E-state index contributed by atoms with van der Waals surface area (Å²) in [5, 5.41) is 10.6. The Morgan fingerprint density at radius 3 is 2.76 bits per heavy atom. The van der Waals surface area contributed by atoms with E-state index in [-0.39, 0.29) is 29.7 Å². The predicted molar refractivity (Wildman–Crippen MR) is 110 cm³/mol. The molecule has 156 valence electrons. The van der Waals surface area contributed by atoms with Crippen molar-refractivity contribution in [3.63, 3.8) is 0 Å². The van der Waals surface area contributed by atoms with Gasteiger partial charge >= 0.3 is 0 Å². The van der Waals surface area contributed by atoms with Gasteiger partial charge < -0.3 is 16.4 Å². The average molecular weight is 400 g/mol. The highest BCUT2D eigenvalue weighted by Crippen LogP contribution is 2.35. The van der Waals surface area contributed by atoms with Gasteiger partial charge in [-0.05, 0) is 63.1 Å². The maximum absolute atomic E-state index is 14.7. The normalized spacial score (nSPS) is 24.7. The second-order valence-electron chi connectivity index (χ2n) is 9.38. The van der Waals surface area contributed by atoms with E-state index in [9.17, 15) is 9.18 Å². The lowest BCUT2D eigenvalue weighted by atomic mass is 9.99. The first kappa shape index (κ1) is 20.0. The van der Waals surface area contributed by atoms with E-state index < -0.39 is 6.17 Å². The molecular weight excluding hydrogens is 369 g/mol. The van der Waals surface area contributed by atoms with Gasteiger partial charge in [0.1, 0.15) is 5.82 Å². The molecule has 29 heavy (non-hydrogen) atoms. The third-order valence-electron chi connectivity index (χ3n) is 6.07. The molecule has 2 bridgehead atoms. The Kier molecular flexibility index (Phi) is 5.21. The fraction of sp³-hybridized carbons (Fsp3) is 0.545. The summed E-state index contributed by atoms with van der Waals surface area (Å²) in [6.45, 7) is 6.19. The molecule has 1 saturated heterocycles. The molecule has 4 rings (SSSR count). The molecule has 1 aliphatic heterocycles. The van der Waals surface area contributed by atoms with Crippen molar-refractivity contribution in [1.82, 2.24) is 20.4 Å². The minimum absolute atomic E-state index is 0.0728. The van der Waals surface area contributed by atoms with Gasteiger partial charge in [0, 0.05) is 24.2 Å². The van der Waals surface area contributed by atoms with E-state index in [0.29, 0.717) is 17.5 Å². The van der Waals surface area contributed by atoms with Gasteiger partial charge in [0.05, 0.1) is 23.9 Å². The number of nitrogens with one attached hydrogen (secondary N) is 2. The third-order valence-corrected chi connectivity index (χ3v) is 6.07. The van der Waals surface area contributed by atoms with Crippen LogP contribution in [0.4, 0.5) is 4.39 Å². The van der Waals surface area contributed by atoms with E-state index in [0.717, 1.165) is 30.4 Å². The maximum atomic E-state index is 14.7. The van der Waals surface area contributed by atoms with Crippen molar-refractivity contribution in [1.29, 1.82) is 0 Å². The molecule has 0 unspecified atom stereocenters. The number of hydrogen-bond acceptors (Lipinski definition) is 4. The number of nitrogens with two attached hydrogens (primary N) is 1. The molecule has 7 heteroatoms. The van der Waals surface area contributed by atoms with Gasteiger partial charge in [-0.2, -0.15) is 5.10 Å². The summed E-state index contributed by atoms with van der Waals surface area (Å²) in [5.74, 6) is 0.00214. The molecule has 2 heterocycles. The molecule has 0 spiro atoms. The van der Waals surface area contributed by atoms with Crippen LogP contribution in [0.25, 0.3) is 11.1 Å². The van der Waals surface area contributed by atoms with Crippen LogP contribution >= 0.6 is 0 Å². The maximum Gasteiger partial charge on any atom is 0.238 e. The van der Waals surface area contributed by atoms with Crippen LogP contribution in [-0.2, 0) is 16.8 Å². The molecule has 1 aliphatic carbocycles. The van der Waals surface area contributed by atoms with Crippen LogP contribution in [-0.4, -0.2) is 33.9 Å². The fourth-order valence-electron chi connectivity index (χ4n) is 4.44. The van der Waals surface area contributed by atoms with Crippen LogP contribution in [0.2, 0.25) is 0 Å². The minimum Gasteiger partial charge on any atom is -0.339 e. The number of aromatic nitrogens is 2. The van der Waals surface area contributed by atoms with E-state index >= 15 is 0 Å². The van der Waals surface area contributed by atoms with Crippen LogP contribution in [0.1, 0.15) is 45.6 Å². The number of rotatable bonds is 5. The SMILES string of the molecule is CC(C)(C)n1cc(-c2ccc(C[C@@H](N)NC(=O)[C@H]3N[C@@H]4CC[C@H]3C4)c(F)c2)cn1. The van der Waals surface area contributed by atoms with Crippen molar-refractivity contribution in [3.05, 3.63) is 42.0 Å². The van der Waals surface area contributed by atoms with Crippen molar-refractivity contribution in [2.45, 2.75) is 70.2 Å². The summed E-state index contributed by atoms with van der Waals surface area (Å²) in [6.07, 6.45) is 6.60. The number of halogens is 1. The lowest BCUT2D eigenvalue weighted by molar-refractivity contribution is -0.124. The Morgan fingerprint density at radius 2 is 2.17 bits per heavy atom. The molecule has 0 radical (unpaired) electrons. The highest BCUT2D eigenvalue weighted by Gasteiger charge is 2.42. The summed E-state index contributed by atoms with van der Waals surface area (Å²) in [6, 6.07) is 5.41. The zero-order valence-corrected chi connectivity index (χ0v) is 17.3. The largest absolute Gasteiger partial charge is 0.339 e. The van der Waals surface area contributed by atoms with E-state index in [1.54, 1.807) is 12.3 Å². The van der Waals surface area contributed by atoms with Crippen molar-refractivity contribution in [2.24, 2.45) is 11.7 Å². The quantitative estimate of drug-likeness (QED) is 0.675. The number of nitrogens with zero attached hydrogens (tertiary/aromatic N) is 2. The molecule has 2 aromatic rings. The van der Waals surface area contributed by atoms with Crippen LogP contribution < -0.4 is 16.4 Å². The average Bonchev–Trinajstić information content (AvgIpc) is 3.39. The topological polar surface area (TPSA) is 85.0 Å². The summed E-state index contributed by atoms with van der Waals surface area (Å²) in [4.78, 5) is 12.5. The van der Waals surface area contributed by atoms with Crippen molar-refractivity contribution in [2.75, 3.05) is 0 Å². The zero-order valence-electron chi connectivity index (χ0n) is 17.3. The van der Waals surface area contributed by atoms with Crippen molar-refractivity contribution < 1.29 is 9.18 Å². The molecule has 6 nitrogen and oxygen atoms in total. The monoisotopic (exact) mass is 399 g/mol. The first-order valence-electron chi connectivity index (χ1n) is 10.4. The van der Waals surface area contributed by atoms with Gasteiger partial charge in [-0.15, -0.1) is 0 Å². The number of hydrogen-bond donors (Lipinski definition) is 3. The zero-order chi connectivity index (χ0) is 20.8. The summed E-state index contributed by atoms with van der Waals surface area (Å²) < 4.78 is 16.6. The van der Waals surface area contributed by atoms with Gasteiger partial charge in [0.2, 0.25) is 5.91 Å². The fourth-order valence-corrected chi connectivity index (χ4v) is 4.44. The summed E-state index contributed by atoms with van der Waals surface area (Å²) in [7, 11) is 0. The summed E-state index contributed by atoms with van der Waals surface area (Å²) >= 11 is 0. The Balaban J connectivity index is 1.39. The van der Waals surface area contributed by atoms with E-state index in [4.69, 9.17) is 5.73 Å². The van der Waals surface area contributed by atoms with Crippen LogP contribution in [0, 0.1) is 11.7 Å². The lowest BCUT2D eigenvalue weighted by Gasteiger charge is -2.24. The minimum atomic E-state index is -0.618. The second kappa shape index (κ2) is 7.54. The van der Waals surface area contributed by atoms with Crippen LogP contribution in [0.3, 0.4) is 0 Å². The van der Waals surface area contributed by atoms with E-state index in [2.05, 4.69) is 36.5 Å². The Morgan fingerprint density at radius 1 is 1.38 bits per heavy atom. The number of amides is 1. The molecule has 2 fully saturated rings. The standard InChI is InChI=1S/C22H30FN5O/c1-22(2,3)28-12-16(11-25-28)13-4-5-14(18(23)9-13)10-19(24)27-21(29)20-15-6-7-17(8-15)26-20/h4-5,9,11-12,15,17,19-20,26H,6-8,10,24H2,1-3H3,(H,27,29)/t15-,17+,19-,20-/m0/s1. The lowest BCUT2D eigenvalue weighted by Crippen LogP contribution is -2.53. The van der Waals surface area contributed by atoms with Gasteiger partial charge in [-0.1, -0.05) is 12.1 Å². The molecular formula is C22H30FN5O. The molecule has 1 aromatic heterocycles. The number of carbonyl (C=O) groups is 1. The van der Waals surface area contributed by atoms with Gasteiger partial charge in [-0.3, -0.25) is 9.48 Å². The molecule has 2 aliphatic rings. The van der Waals surface area contributed by atoms with E-state index in [1.165, 1.54) is 6.07 Å². The Bertz CT molecular complexity index is 903. The molecule has 1 aromatic carbocycles. The van der Waals surface area contributed by atoms with Gasteiger partial charge in [0.25, 0.3) is 0 Å². The highest BCUT2D eigenvalue weighted by atomic mass is 19.1. The third kappa shape index (κ3) is 4.21. The number of fused-ring (bicyclic) bond motifs is 2. The van der Waals surface area contributed by atoms with Crippen LogP contribution in [0.5, 0.6) is 0 Å². The smallest absolute Gasteiger partial charge is 0.238 e. The molecule has 4 N–H and O–H groups in total. The first-order chi connectivity index (χ1) is 13.7. The second-order valence-corrected chi connectivity index (χ2v) is 9.38. The highest BCUT2D eigenvalue weighted by molar-refractivity contribution is 5.83. The summed E-state index contributed by atoms with van der Waals surface area (Å²) in [5.41, 5.74) is 8.10. The molecule has 1 saturated carbocycles. The van der Waals surface area contributed by atoms with Gasteiger partial charge in [-0.25, -0.2) is 4.39 Å². The first-order valence-corrected chi connectivity index (χ1v) is 10.4. The van der Waals surface area contributed by atoms with Crippen molar-refractivity contribution >= 4 is 5.91 Å². The van der Waals surface area contributed by atoms with Crippen LogP contribution in [0.15, 0.2) is 30.6 Å².